The molecule has 0 aliphatic rings. The highest BCUT2D eigenvalue weighted by atomic mass is 16.3. The Kier molecular flexibility index (Phi) is 25.0. The van der Waals surface area contributed by atoms with Crippen LogP contribution in [0.15, 0.2) is 0 Å². The minimum Gasteiger partial charge on any atom is -0.393 e. The molecule has 0 rings (SSSR count). The van der Waals surface area contributed by atoms with Gasteiger partial charge in [-0.3, -0.25) is 0 Å². The second kappa shape index (κ2) is 25.0. The van der Waals surface area contributed by atoms with Crippen molar-refractivity contribution in [3.05, 3.63) is 0 Å². The fraction of sp³-hybridized carbons (Fsp3) is 1.00. The summed E-state index contributed by atoms with van der Waals surface area (Å²) in [5.41, 5.74) is 0. The van der Waals surface area contributed by atoms with Crippen LogP contribution in [0.4, 0.5) is 0 Å². The molecule has 0 saturated heterocycles. The molecule has 170 valence electrons. The Morgan fingerprint density at radius 1 is 0.357 bits per heavy atom. The molecule has 0 aliphatic carbocycles. The topological polar surface area (TPSA) is 20.2 Å². The highest BCUT2D eigenvalue weighted by Crippen LogP contribution is 2.16. The summed E-state index contributed by atoms with van der Waals surface area (Å²) >= 11 is 0. The van der Waals surface area contributed by atoms with E-state index in [1.165, 1.54) is 141 Å². The standard InChI is InChI=1S/C27H56O/c1-3-5-7-9-11-13-14-15-16-18-20-22-24-26-27(28)25-23-21-19-17-12-10-8-6-4-2/h27-28H,3-26H2,1-2H3. The molecule has 1 heteroatoms. The van der Waals surface area contributed by atoms with E-state index >= 15 is 0 Å². The Labute approximate surface area is 179 Å². The zero-order valence-electron chi connectivity index (χ0n) is 20.0. The lowest BCUT2D eigenvalue weighted by Gasteiger charge is -2.10. The summed E-state index contributed by atoms with van der Waals surface area (Å²) in [6.45, 7) is 4.57. The molecule has 0 aromatic heterocycles. The van der Waals surface area contributed by atoms with Crippen LogP contribution in [0, 0.1) is 0 Å². The monoisotopic (exact) mass is 396 g/mol. The van der Waals surface area contributed by atoms with Crippen molar-refractivity contribution in [2.75, 3.05) is 0 Å². The average molecular weight is 397 g/mol. The van der Waals surface area contributed by atoms with E-state index in [2.05, 4.69) is 13.8 Å². The van der Waals surface area contributed by atoms with Gasteiger partial charge in [-0.1, -0.05) is 155 Å². The molecule has 0 saturated carbocycles. The second-order valence-electron chi connectivity index (χ2n) is 9.30. The van der Waals surface area contributed by atoms with Gasteiger partial charge in [-0.05, 0) is 12.8 Å². The van der Waals surface area contributed by atoms with Crippen LogP contribution in [0.2, 0.25) is 0 Å². The van der Waals surface area contributed by atoms with Crippen LogP contribution in [0.1, 0.15) is 168 Å². The summed E-state index contributed by atoms with van der Waals surface area (Å²) in [4.78, 5) is 0. The van der Waals surface area contributed by atoms with E-state index in [4.69, 9.17) is 0 Å². The first kappa shape index (κ1) is 28.0. The van der Waals surface area contributed by atoms with E-state index in [9.17, 15) is 5.11 Å². The number of aliphatic hydroxyl groups is 1. The lowest BCUT2D eigenvalue weighted by atomic mass is 10.0. The number of rotatable bonds is 24. The number of hydrogen-bond donors (Lipinski definition) is 1. The second-order valence-corrected chi connectivity index (χ2v) is 9.30. The molecular weight excluding hydrogens is 340 g/mol. The number of unbranched alkanes of at least 4 members (excludes halogenated alkanes) is 20. The van der Waals surface area contributed by atoms with Gasteiger partial charge in [-0.15, -0.1) is 0 Å². The molecule has 0 bridgehead atoms. The van der Waals surface area contributed by atoms with Crippen molar-refractivity contribution >= 4 is 0 Å². The zero-order valence-corrected chi connectivity index (χ0v) is 20.0. The molecule has 0 aromatic carbocycles. The van der Waals surface area contributed by atoms with Gasteiger partial charge in [0.1, 0.15) is 0 Å². The van der Waals surface area contributed by atoms with Gasteiger partial charge in [0, 0.05) is 0 Å². The molecule has 28 heavy (non-hydrogen) atoms. The molecule has 0 spiro atoms. The van der Waals surface area contributed by atoms with Gasteiger partial charge in [0.05, 0.1) is 6.10 Å². The van der Waals surface area contributed by atoms with E-state index in [1.54, 1.807) is 0 Å². The van der Waals surface area contributed by atoms with Crippen molar-refractivity contribution in [3.63, 3.8) is 0 Å². The SMILES string of the molecule is CCCCCCCCCCCCCCCC(O)CCCCCCCCCCC. The van der Waals surface area contributed by atoms with Crippen molar-refractivity contribution in [2.24, 2.45) is 0 Å². The summed E-state index contributed by atoms with van der Waals surface area (Å²) in [6, 6.07) is 0. The first-order chi connectivity index (χ1) is 13.8. The number of aliphatic hydroxyl groups excluding tert-OH is 1. The van der Waals surface area contributed by atoms with Crippen LogP contribution in [-0.4, -0.2) is 11.2 Å². The molecule has 1 N–H and O–H groups in total. The average Bonchev–Trinajstić information content (AvgIpc) is 2.70. The Hall–Kier alpha value is -0.0400. The largest absolute Gasteiger partial charge is 0.393 e. The van der Waals surface area contributed by atoms with Crippen LogP contribution < -0.4 is 0 Å². The highest BCUT2D eigenvalue weighted by Gasteiger charge is 2.03. The molecule has 0 radical (unpaired) electrons. The van der Waals surface area contributed by atoms with Gasteiger partial charge in [0.25, 0.3) is 0 Å². The Morgan fingerprint density at radius 3 is 0.821 bits per heavy atom. The summed E-state index contributed by atoms with van der Waals surface area (Å²) in [7, 11) is 0. The summed E-state index contributed by atoms with van der Waals surface area (Å²) in [5, 5.41) is 10.1. The van der Waals surface area contributed by atoms with Crippen molar-refractivity contribution in [3.8, 4) is 0 Å². The molecule has 0 aliphatic heterocycles. The summed E-state index contributed by atoms with van der Waals surface area (Å²) < 4.78 is 0. The van der Waals surface area contributed by atoms with E-state index in [-0.39, 0.29) is 6.10 Å². The van der Waals surface area contributed by atoms with Gasteiger partial charge < -0.3 is 5.11 Å². The Bertz CT molecular complexity index is 263. The van der Waals surface area contributed by atoms with E-state index in [0.717, 1.165) is 12.8 Å². The number of hydrogen-bond acceptors (Lipinski definition) is 1. The summed E-state index contributed by atoms with van der Waals surface area (Å²) in [6.07, 6.45) is 32.6. The van der Waals surface area contributed by atoms with Crippen LogP contribution in [0.5, 0.6) is 0 Å². The molecule has 1 atom stereocenters. The highest BCUT2D eigenvalue weighted by molar-refractivity contribution is 4.58. The van der Waals surface area contributed by atoms with Gasteiger partial charge >= 0.3 is 0 Å². The molecule has 0 aromatic rings. The fourth-order valence-corrected chi connectivity index (χ4v) is 4.23. The van der Waals surface area contributed by atoms with Crippen LogP contribution in [0.3, 0.4) is 0 Å². The maximum atomic E-state index is 10.1. The molecule has 0 amide bonds. The fourth-order valence-electron chi connectivity index (χ4n) is 4.23. The van der Waals surface area contributed by atoms with Gasteiger partial charge in [-0.25, -0.2) is 0 Å². The normalized spacial score (nSPS) is 12.5. The van der Waals surface area contributed by atoms with Crippen molar-refractivity contribution in [2.45, 2.75) is 174 Å². The third kappa shape index (κ3) is 24.0. The molecular formula is C27H56O. The van der Waals surface area contributed by atoms with E-state index in [1.807, 2.05) is 0 Å². The zero-order chi connectivity index (χ0) is 20.5. The van der Waals surface area contributed by atoms with E-state index < -0.39 is 0 Å². The van der Waals surface area contributed by atoms with Gasteiger partial charge in [0.2, 0.25) is 0 Å². The maximum absolute atomic E-state index is 10.1. The van der Waals surface area contributed by atoms with Crippen molar-refractivity contribution in [1.29, 1.82) is 0 Å². The Balaban J connectivity index is 3.12. The lowest BCUT2D eigenvalue weighted by molar-refractivity contribution is 0.147. The van der Waals surface area contributed by atoms with Crippen LogP contribution in [0.25, 0.3) is 0 Å². The predicted molar refractivity (Wildman–Crippen MR) is 128 cm³/mol. The van der Waals surface area contributed by atoms with Crippen molar-refractivity contribution in [1.82, 2.24) is 0 Å². The molecule has 1 nitrogen and oxygen atoms in total. The maximum Gasteiger partial charge on any atom is 0.0540 e. The minimum absolute atomic E-state index is 0.0303. The quantitative estimate of drug-likeness (QED) is 0.161. The lowest BCUT2D eigenvalue weighted by Crippen LogP contribution is -2.05. The van der Waals surface area contributed by atoms with E-state index in [0.29, 0.717) is 0 Å². The predicted octanol–water partition coefficient (Wildman–Crippen LogP) is 9.75. The van der Waals surface area contributed by atoms with Gasteiger partial charge in [0.15, 0.2) is 0 Å². The Morgan fingerprint density at radius 2 is 0.571 bits per heavy atom. The summed E-state index contributed by atoms with van der Waals surface area (Å²) in [5.74, 6) is 0. The smallest absolute Gasteiger partial charge is 0.0540 e. The molecule has 0 heterocycles. The van der Waals surface area contributed by atoms with Crippen LogP contribution >= 0.6 is 0 Å². The van der Waals surface area contributed by atoms with Gasteiger partial charge in [-0.2, -0.15) is 0 Å². The van der Waals surface area contributed by atoms with Crippen LogP contribution in [-0.2, 0) is 0 Å². The molecule has 0 fully saturated rings. The van der Waals surface area contributed by atoms with Crippen molar-refractivity contribution < 1.29 is 5.11 Å². The minimum atomic E-state index is -0.0303. The third-order valence-corrected chi connectivity index (χ3v) is 6.28. The first-order valence-corrected chi connectivity index (χ1v) is 13.5. The third-order valence-electron chi connectivity index (χ3n) is 6.28. The molecule has 1 unspecified atom stereocenters. The first-order valence-electron chi connectivity index (χ1n) is 13.5.